The van der Waals surface area contributed by atoms with Crippen LogP contribution in [0.1, 0.15) is 29.3 Å². The molecule has 1 amide bonds. The minimum atomic E-state index is -0.400. The number of fused-ring (bicyclic) bond motifs is 1. The van der Waals surface area contributed by atoms with E-state index in [4.69, 9.17) is 21.1 Å². The lowest BCUT2D eigenvalue weighted by atomic mass is 9.97. The summed E-state index contributed by atoms with van der Waals surface area (Å²) in [7, 11) is 0. The number of hydrogen-bond donors (Lipinski definition) is 0. The van der Waals surface area contributed by atoms with E-state index in [1.807, 2.05) is 44.2 Å². The lowest BCUT2D eigenvalue weighted by molar-refractivity contribution is -0.151. The molecule has 3 aromatic rings. The quantitative estimate of drug-likeness (QED) is 0.467. The molecule has 2 heterocycles. The van der Waals surface area contributed by atoms with E-state index in [2.05, 4.69) is 4.98 Å². The molecular weight excluding hydrogens is 448 g/mol. The van der Waals surface area contributed by atoms with Gasteiger partial charge in [0.1, 0.15) is 19.0 Å². The predicted octanol–water partition coefficient (Wildman–Crippen LogP) is 5.39. The molecule has 166 valence electrons. The number of halogens is 1. The van der Waals surface area contributed by atoms with E-state index >= 15 is 0 Å². The number of carbonyl (C=O) groups excluding carboxylic acids is 2. The summed E-state index contributed by atoms with van der Waals surface area (Å²) in [4.78, 5) is 31.0. The van der Waals surface area contributed by atoms with Gasteiger partial charge in [0.2, 0.25) is 5.91 Å². The second kappa shape index (κ2) is 9.30. The third-order valence-electron chi connectivity index (χ3n) is 5.42. The topological polar surface area (TPSA) is 68.7 Å². The minimum Gasteiger partial charge on any atom is -0.492 e. The molecule has 0 N–H and O–H groups in total. The number of aromatic nitrogens is 1. The van der Waals surface area contributed by atoms with Crippen molar-refractivity contribution in [3.8, 4) is 5.75 Å². The van der Waals surface area contributed by atoms with Crippen LogP contribution in [-0.2, 0) is 27.4 Å². The van der Waals surface area contributed by atoms with Crippen LogP contribution in [0.2, 0.25) is 5.02 Å². The molecular formula is C24H23ClN2O4S. The fraction of sp³-hybridized carbons (Fsp3) is 0.292. The average molecular weight is 471 g/mol. The summed E-state index contributed by atoms with van der Waals surface area (Å²) < 4.78 is 11.2. The van der Waals surface area contributed by atoms with E-state index < -0.39 is 5.92 Å². The highest BCUT2D eigenvalue weighted by atomic mass is 35.5. The first-order valence-electron chi connectivity index (χ1n) is 10.2. The zero-order valence-corrected chi connectivity index (χ0v) is 19.6. The molecule has 32 heavy (non-hydrogen) atoms. The summed E-state index contributed by atoms with van der Waals surface area (Å²) in [5.74, 6) is -0.132. The Kier molecular flexibility index (Phi) is 6.48. The number of benzene rings is 2. The fourth-order valence-corrected chi connectivity index (χ4v) is 4.60. The molecule has 0 aliphatic carbocycles. The van der Waals surface area contributed by atoms with Crippen molar-refractivity contribution in [1.82, 2.24) is 4.98 Å². The van der Waals surface area contributed by atoms with Gasteiger partial charge in [0.25, 0.3) is 0 Å². The van der Waals surface area contributed by atoms with Gasteiger partial charge in [-0.2, -0.15) is 0 Å². The second-order valence-corrected chi connectivity index (χ2v) is 9.09. The van der Waals surface area contributed by atoms with Crippen molar-refractivity contribution in [2.24, 2.45) is 5.92 Å². The zero-order chi connectivity index (χ0) is 22.8. The summed E-state index contributed by atoms with van der Waals surface area (Å²) in [5.41, 5.74) is 4.49. The first-order valence-corrected chi connectivity index (χ1v) is 11.5. The summed E-state index contributed by atoms with van der Waals surface area (Å²) in [5, 5.41) is 2.94. The number of ether oxygens (including phenoxy) is 2. The molecule has 0 saturated carbocycles. The largest absolute Gasteiger partial charge is 0.492 e. The van der Waals surface area contributed by atoms with Gasteiger partial charge in [0.15, 0.2) is 5.13 Å². The molecule has 0 bridgehead atoms. The van der Waals surface area contributed by atoms with Crippen molar-refractivity contribution >= 4 is 45.6 Å². The first kappa shape index (κ1) is 22.3. The van der Waals surface area contributed by atoms with E-state index in [-0.39, 0.29) is 25.1 Å². The Balaban J connectivity index is 1.42. The van der Waals surface area contributed by atoms with Crippen molar-refractivity contribution in [3.63, 3.8) is 0 Å². The fourth-order valence-electron chi connectivity index (χ4n) is 3.53. The van der Waals surface area contributed by atoms with Crippen LogP contribution < -0.4 is 9.64 Å². The lowest BCUT2D eigenvalue weighted by Crippen LogP contribution is -2.29. The Labute approximate surface area is 195 Å². The number of esters is 1. The number of amides is 1. The van der Waals surface area contributed by atoms with Gasteiger partial charge in [-0.05, 0) is 67.3 Å². The van der Waals surface area contributed by atoms with Crippen molar-refractivity contribution in [2.45, 2.75) is 33.8 Å². The van der Waals surface area contributed by atoms with Crippen molar-refractivity contribution in [2.75, 3.05) is 11.5 Å². The molecule has 4 rings (SSSR count). The molecule has 1 unspecified atom stereocenters. The first-order chi connectivity index (χ1) is 15.3. The van der Waals surface area contributed by atoms with Crippen LogP contribution in [0.15, 0.2) is 41.8 Å². The van der Waals surface area contributed by atoms with Gasteiger partial charge < -0.3 is 9.47 Å². The van der Waals surface area contributed by atoms with Crippen LogP contribution in [0.3, 0.4) is 0 Å². The number of aryl methyl sites for hydroxylation is 2. The van der Waals surface area contributed by atoms with Crippen LogP contribution >= 0.6 is 22.9 Å². The van der Waals surface area contributed by atoms with Crippen LogP contribution in [0.5, 0.6) is 5.75 Å². The van der Waals surface area contributed by atoms with Gasteiger partial charge in [-0.15, -0.1) is 11.3 Å². The molecule has 1 aliphatic heterocycles. The number of hydrogen-bond acceptors (Lipinski definition) is 6. The zero-order valence-electron chi connectivity index (χ0n) is 18.1. The van der Waals surface area contributed by atoms with Crippen LogP contribution in [0.4, 0.5) is 10.8 Å². The highest BCUT2D eigenvalue weighted by Crippen LogP contribution is 2.32. The normalized spacial score (nSPS) is 14.9. The second-order valence-electron chi connectivity index (χ2n) is 7.82. The summed E-state index contributed by atoms with van der Waals surface area (Å²) in [6.07, 6.45) is 0.516. The maximum Gasteiger partial charge on any atom is 0.313 e. The van der Waals surface area contributed by atoms with E-state index in [0.29, 0.717) is 22.3 Å². The van der Waals surface area contributed by atoms with Crippen LogP contribution in [-0.4, -0.2) is 23.5 Å². The number of thiazole rings is 1. The van der Waals surface area contributed by atoms with Crippen molar-refractivity contribution < 1.29 is 19.1 Å². The Morgan fingerprint density at radius 2 is 2.03 bits per heavy atom. The molecule has 1 aliphatic rings. The van der Waals surface area contributed by atoms with Crippen LogP contribution in [0.25, 0.3) is 0 Å². The summed E-state index contributed by atoms with van der Waals surface area (Å²) in [6, 6.07) is 11.2. The van der Waals surface area contributed by atoms with E-state index in [1.54, 1.807) is 16.3 Å². The lowest BCUT2D eigenvalue weighted by Gasteiger charge is -2.24. The molecule has 0 fully saturated rings. The third-order valence-corrected chi connectivity index (χ3v) is 6.53. The summed E-state index contributed by atoms with van der Waals surface area (Å²) in [6.45, 7) is 5.83. The smallest absolute Gasteiger partial charge is 0.313 e. The molecule has 6 nitrogen and oxygen atoms in total. The maximum absolute atomic E-state index is 12.6. The summed E-state index contributed by atoms with van der Waals surface area (Å²) >= 11 is 7.38. The Hall–Kier alpha value is -2.90. The average Bonchev–Trinajstić information content (AvgIpc) is 3.22. The van der Waals surface area contributed by atoms with Gasteiger partial charge >= 0.3 is 5.97 Å². The molecule has 0 radical (unpaired) electrons. The Bertz CT molecular complexity index is 1180. The van der Waals surface area contributed by atoms with E-state index in [9.17, 15) is 9.59 Å². The molecule has 0 spiro atoms. The molecule has 1 atom stereocenters. The van der Waals surface area contributed by atoms with Gasteiger partial charge in [0.05, 0.1) is 17.3 Å². The Morgan fingerprint density at radius 1 is 1.22 bits per heavy atom. The Morgan fingerprint density at radius 3 is 2.78 bits per heavy atom. The van der Waals surface area contributed by atoms with E-state index in [1.165, 1.54) is 18.3 Å². The molecule has 8 heteroatoms. The predicted molar refractivity (Wildman–Crippen MR) is 125 cm³/mol. The van der Waals surface area contributed by atoms with Crippen molar-refractivity contribution in [1.29, 1.82) is 0 Å². The van der Waals surface area contributed by atoms with Gasteiger partial charge in [-0.1, -0.05) is 17.7 Å². The highest BCUT2D eigenvalue weighted by Gasteiger charge is 2.28. The number of nitrogens with zero attached hydrogens (tertiary/aromatic N) is 2. The van der Waals surface area contributed by atoms with Crippen LogP contribution in [0, 0.1) is 19.8 Å². The molecule has 1 aromatic heterocycles. The number of carbonyl (C=O) groups is 2. The third kappa shape index (κ3) is 4.79. The standard InChI is InChI=1S/C24H23ClN2O4S/c1-14-4-6-21(8-15(14)2)27(16(3)28)24-26-20(13-32-24)12-31-23(29)18-9-17-10-19(25)5-7-22(17)30-11-18/h4-8,10,13,18H,9,11-12H2,1-3H3. The van der Waals surface area contributed by atoms with Gasteiger partial charge in [-0.25, -0.2) is 4.98 Å². The van der Waals surface area contributed by atoms with Crippen molar-refractivity contribution in [3.05, 3.63) is 69.2 Å². The number of rotatable bonds is 5. The SMILES string of the molecule is CC(=O)N(c1ccc(C)c(C)c1)c1nc(COC(=O)C2COc3ccc(Cl)cc3C2)cs1. The number of anilines is 2. The molecule has 2 aromatic carbocycles. The van der Waals surface area contributed by atoms with E-state index in [0.717, 1.165) is 28.1 Å². The highest BCUT2D eigenvalue weighted by molar-refractivity contribution is 7.14. The van der Waals surface area contributed by atoms with Gasteiger partial charge in [-0.3, -0.25) is 14.5 Å². The van der Waals surface area contributed by atoms with Gasteiger partial charge in [0, 0.05) is 17.3 Å². The minimum absolute atomic E-state index is 0.0346. The maximum atomic E-state index is 12.6. The monoisotopic (exact) mass is 470 g/mol. The molecule has 0 saturated heterocycles.